The SMILES string of the molecule is C[C@@H]1[C@@H](O)[C@H](Oc2ccc(COC(C)(C)C)cc2C(=O)NC(C)(C)C)O[C@H](C(=O)O)[C@H]1O. The topological polar surface area (TPSA) is 135 Å². The van der Waals surface area contributed by atoms with Gasteiger partial charge < -0.3 is 34.8 Å². The lowest BCUT2D eigenvalue weighted by Crippen LogP contribution is -2.57. The largest absolute Gasteiger partial charge is 0.479 e. The van der Waals surface area contributed by atoms with Gasteiger partial charge in [0, 0.05) is 11.5 Å². The number of hydrogen-bond donors (Lipinski definition) is 4. The molecule has 9 heteroatoms. The molecule has 1 aromatic rings. The number of carboxylic acids is 1. The van der Waals surface area contributed by atoms with Crippen LogP contribution in [0.4, 0.5) is 0 Å². The molecule has 1 saturated heterocycles. The molecule has 0 aromatic heterocycles. The fraction of sp³-hybridized carbons (Fsp3) is 0.652. The number of aliphatic hydroxyl groups excluding tert-OH is 2. The van der Waals surface area contributed by atoms with Crippen LogP contribution >= 0.6 is 0 Å². The summed E-state index contributed by atoms with van der Waals surface area (Å²) in [6.07, 6.45) is -5.65. The van der Waals surface area contributed by atoms with Crippen LogP contribution in [-0.2, 0) is 20.9 Å². The van der Waals surface area contributed by atoms with Gasteiger partial charge in [0.25, 0.3) is 5.91 Å². The van der Waals surface area contributed by atoms with Crippen LogP contribution in [0, 0.1) is 5.92 Å². The Morgan fingerprint density at radius 2 is 1.72 bits per heavy atom. The molecule has 1 aliphatic rings. The summed E-state index contributed by atoms with van der Waals surface area (Å²) >= 11 is 0. The van der Waals surface area contributed by atoms with Gasteiger partial charge in [-0.25, -0.2) is 4.79 Å². The number of rotatable bonds is 6. The fourth-order valence-corrected chi connectivity index (χ4v) is 3.11. The number of aliphatic hydroxyl groups is 2. The van der Waals surface area contributed by atoms with Crippen molar-refractivity contribution in [1.82, 2.24) is 5.32 Å². The highest BCUT2D eigenvalue weighted by Crippen LogP contribution is 2.30. The molecule has 2 rings (SSSR count). The molecular weight excluding hydrogens is 418 g/mol. The zero-order valence-corrected chi connectivity index (χ0v) is 19.7. The van der Waals surface area contributed by atoms with Gasteiger partial charge in [-0.1, -0.05) is 13.0 Å². The lowest BCUT2D eigenvalue weighted by molar-refractivity contribution is -0.255. The molecule has 1 heterocycles. The van der Waals surface area contributed by atoms with E-state index < -0.39 is 47.9 Å². The molecular formula is C23H35NO8. The van der Waals surface area contributed by atoms with Crippen LogP contribution in [0.1, 0.15) is 64.4 Å². The molecule has 0 aliphatic carbocycles. The van der Waals surface area contributed by atoms with Gasteiger partial charge in [-0.3, -0.25) is 4.79 Å². The number of aliphatic carboxylic acids is 1. The summed E-state index contributed by atoms with van der Waals surface area (Å²) in [6, 6.07) is 4.90. The molecule has 0 spiro atoms. The van der Waals surface area contributed by atoms with Crippen LogP contribution in [0.5, 0.6) is 5.75 Å². The molecule has 4 N–H and O–H groups in total. The molecule has 1 amide bonds. The van der Waals surface area contributed by atoms with Crippen molar-refractivity contribution in [2.45, 2.75) is 90.8 Å². The number of carbonyl (C=O) groups is 2. The third kappa shape index (κ3) is 6.90. The highest BCUT2D eigenvalue weighted by molar-refractivity contribution is 5.97. The third-order valence-electron chi connectivity index (χ3n) is 4.88. The summed E-state index contributed by atoms with van der Waals surface area (Å²) in [5.74, 6) is -2.48. The van der Waals surface area contributed by atoms with Crippen LogP contribution in [0.3, 0.4) is 0 Å². The standard InChI is InChI=1S/C23H35NO8/c1-12-16(25)18(20(28)29)32-21(17(12)26)31-15-9-8-13(11-30-23(5,6)7)10-14(15)19(27)24-22(2,3)4/h8-10,12,16-18,21,25-26H,11H2,1-7H3,(H,24,27)(H,28,29)/t12-,16-,17+,18-,21+/m0/s1. The monoisotopic (exact) mass is 453 g/mol. The number of nitrogens with one attached hydrogen (secondary N) is 1. The van der Waals surface area contributed by atoms with E-state index in [1.807, 2.05) is 41.5 Å². The van der Waals surface area contributed by atoms with Gasteiger partial charge in [0.05, 0.1) is 23.9 Å². The first kappa shape index (κ1) is 26.1. The van der Waals surface area contributed by atoms with E-state index in [-0.39, 0.29) is 23.5 Å². The molecule has 1 fully saturated rings. The van der Waals surface area contributed by atoms with Crippen molar-refractivity contribution >= 4 is 11.9 Å². The Bertz CT molecular complexity index is 826. The Hall–Kier alpha value is -2.20. The van der Waals surface area contributed by atoms with Crippen molar-refractivity contribution in [2.24, 2.45) is 5.92 Å². The van der Waals surface area contributed by atoms with E-state index in [2.05, 4.69) is 5.32 Å². The summed E-state index contributed by atoms with van der Waals surface area (Å²) in [7, 11) is 0. The Balaban J connectivity index is 2.36. The van der Waals surface area contributed by atoms with Crippen molar-refractivity contribution in [3.8, 4) is 5.75 Å². The van der Waals surface area contributed by atoms with Gasteiger partial charge in [0.2, 0.25) is 6.29 Å². The molecule has 1 aromatic carbocycles. The van der Waals surface area contributed by atoms with Gasteiger partial charge in [-0.05, 0) is 59.2 Å². The van der Waals surface area contributed by atoms with E-state index in [1.165, 1.54) is 6.92 Å². The highest BCUT2D eigenvalue weighted by atomic mass is 16.7. The third-order valence-corrected chi connectivity index (χ3v) is 4.88. The summed E-state index contributed by atoms with van der Waals surface area (Å²) in [6.45, 7) is 13.1. The molecule has 9 nitrogen and oxygen atoms in total. The number of benzene rings is 1. The maximum Gasteiger partial charge on any atom is 0.335 e. The first-order chi connectivity index (χ1) is 14.6. The maximum absolute atomic E-state index is 13.0. The predicted molar refractivity (Wildman–Crippen MR) is 116 cm³/mol. The van der Waals surface area contributed by atoms with Gasteiger partial charge in [-0.15, -0.1) is 0 Å². The first-order valence-corrected chi connectivity index (χ1v) is 10.6. The minimum Gasteiger partial charge on any atom is -0.479 e. The van der Waals surface area contributed by atoms with Gasteiger partial charge in [0.1, 0.15) is 11.9 Å². The second-order valence-electron chi connectivity index (χ2n) is 10.2. The number of carbonyl (C=O) groups excluding carboxylic acids is 1. The number of ether oxygens (including phenoxy) is 3. The smallest absolute Gasteiger partial charge is 0.335 e. The van der Waals surface area contributed by atoms with E-state index in [1.54, 1.807) is 18.2 Å². The van der Waals surface area contributed by atoms with Crippen molar-refractivity contribution < 1.29 is 39.1 Å². The van der Waals surface area contributed by atoms with Gasteiger partial charge in [-0.2, -0.15) is 0 Å². The minimum atomic E-state index is -1.57. The predicted octanol–water partition coefficient (Wildman–Crippen LogP) is 2.08. The summed E-state index contributed by atoms with van der Waals surface area (Å²) in [5, 5.41) is 32.8. The minimum absolute atomic E-state index is 0.114. The maximum atomic E-state index is 13.0. The second kappa shape index (κ2) is 9.74. The number of amides is 1. The zero-order valence-electron chi connectivity index (χ0n) is 19.7. The van der Waals surface area contributed by atoms with E-state index >= 15 is 0 Å². The molecule has 0 radical (unpaired) electrons. The Labute approximate surface area is 188 Å². The molecule has 0 saturated carbocycles. The van der Waals surface area contributed by atoms with Gasteiger partial charge >= 0.3 is 5.97 Å². The van der Waals surface area contributed by atoms with Crippen LogP contribution in [0.2, 0.25) is 0 Å². The van der Waals surface area contributed by atoms with Crippen molar-refractivity contribution in [3.05, 3.63) is 29.3 Å². The molecule has 32 heavy (non-hydrogen) atoms. The Morgan fingerprint density at radius 3 is 2.25 bits per heavy atom. The van der Waals surface area contributed by atoms with Crippen LogP contribution < -0.4 is 10.1 Å². The van der Waals surface area contributed by atoms with Crippen molar-refractivity contribution in [1.29, 1.82) is 0 Å². The average molecular weight is 454 g/mol. The highest BCUT2D eigenvalue weighted by Gasteiger charge is 2.46. The molecule has 5 atom stereocenters. The average Bonchev–Trinajstić information content (AvgIpc) is 2.65. The zero-order chi connectivity index (χ0) is 24.4. The number of hydrogen-bond acceptors (Lipinski definition) is 7. The first-order valence-electron chi connectivity index (χ1n) is 10.6. The number of carboxylic acid groups (broad SMARTS) is 1. The van der Waals surface area contributed by atoms with E-state index in [9.17, 15) is 24.9 Å². The van der Waals surface area contributed by atoms with Crippen LogP contribution in [0.15, 0.2) is 18.2 Å². The van der Waals surface area contributed by atoms with Crippen molar-refractivity contribution in [3.63, 3.8) is 0 Å². The molecule has 0 unspecified atom stereocenters. The van der Waals surface area contributed by atoms with Crippen LogP contribution in [0.25, 0.3) is 0 Å². The normalized spacial score (nSPS) is 26.5. The van der Waals surface area contributed by atoms with Crippen LogP contribution in [-0.4, -0.2) is 62.9 Å². The van der Waals surface area contributed by atoms with E-state index in [4.69, 9.17) is 14.2 Å². The summed E-state index contributed by atoms with van der Waals surface area (Å²) in [5.41, 5.74) is 0.0477. The van der Waals surface area contributed by atoms with E-state index in [0.29, 0.717) is 0 Å². The molecule has 180 valence electrons. The quantitative estimate of drug-likeness (QED) is 0.514. The lowest BCUT2D eigenvalue weighted by Gasteiger charge is -2.39. The fourth-order valence-electron chi connectivity index (χ4n) is 3.11. The molecule has 0 bridgehead atoms. The second-order valence-corrected chi connectivity index (χ2v) is 10.2. The van der Waals surface area contributed by atoms with E-state index in [0.717, 1.165) is 5.56 Å². The molecule has 1 aliphatic heterocycles. The Morgan fingerprint density at radius 1 is 1.09 bits per heavy atom. The van der Waals surface area contributed by atoms with Gasteiger partial charge in [0.15, 0.2) is 6.10 Å². The lowest BCUT2D eigenvalue weighted by atomic mass is 9.90. The summed E-state index contributed by atoms with van der Waals surface area (Å²) in [4.78, 5) is 24.4. The summed E-state index contributed by atoms with van der Waals surface area (Å²) < 4.78 is 16.9. The Kier molecular flexibility index (Phi) is 7.93. The van der Waals surface area contributed by atoms with Crippen molar-refractivity contribution in [2.75, 3.05) is 0 Å².